The van der Waals surface area contributed by atoms with Crippen LogP contribution in [-0.2, 0) is 16.0 Å². The highest BCUT2D eigenvalue weighted by molar-refractivity contribution is 5.91. The zero-order valence-corrected chi connectivity index (χ0v) is 18.0. The number of nitrogens with zero attached hydrogens (tertiary/aromatic N) is 1. The second kappa shape index (κ2) is 9.90. The second-order valence-electron chi connectivity index (χ2n) is 8.78. The van der Waals surface area contributed by atoms with Crippen LogP contribution in [-0.4, -0.2) is 41.4 Å². The van der Waals surface area contributed by atoms with Crippen LogP contribution in [0.3, 0.4) is 0 Å². The maximum atomic E-state index is 13.3. The van der Waals surface area contributed by atoms with Gasteiger partial charge in [-0.15, -0.1) is 0 Å². The second-order valence-corrected chi connectivity index (χ2v) is 8.78. The number of carbonyl (C=O) groups is 2. The Labute approximate surface area is 179 Å². The smallest absolute Gasteiger partial charge is 0.245 e. The summed E-state index contributed by atoms with van der Waals surface area (Å²) in [7, 11) is 0. The molecule has 3 rings (SSSR count). The average Bonchev–Trinajstić information content (AvgIpc) is 2.77. The van der Waals surface area contributed by atoms with E-state index in [4.69, 9.17) is 5.73 Å². The Kier molecular flexibility index (Phi) is 7.27. The van der Waals surface area contributed by atoms with E-state index in [1.165, 1.54) is 5.56 Å². The van der Waals surface area contributed by atoms with Gasteiger partial charge in [-0.05, 0) is 56.6 Å². The van der Waals surface area contributed by atoms with Crippen LogP contribution in [0.25, 0.3) is 0 Å². The van der Waals surface area contributed by atoms with Crippen molar-refractivity contribution in [2.24, 2.45) is 5.73 Å². The zero-order valence-electron chi connectivity index (χ0n) is 18.0. The van der Waals surface area contributed by atoms with E-state index in [1.807, 2.05) is 41.3 Å². The summed E-state index contributed by atoms with van der Waals surface area (Å²) in [4.78, 5) is 27.7. The van der Waals surface area contributed by atoms with Gasteiger partial charge >= 0.3 is 0 Å². The number of piperidine rings is 1. The molecule has 160 valence electrons. The van der Waals surface area contributed by atoms with Crippen LogP contribution < -0.4 is 11.1 Å². The van der Waals surface area contributed by atoms with E-state index in [-0.39, 0.29) is 11.8 Å². The quantitative estimate of drug-likeness (QED) is 0.740. The fourth-order valence-electron chi connectivity index (χ4n) is 3.94. The number of nitrogens with two attached hydrogens (primary N) is 1. The molecule has 0 bridgehead atoms. The molecule has 1 aliphatic heterocycles. The van der Waals surface area contributed by atoms with Crippen LogP contribution in [0.15, 0.2) is 60.7 Å². The first-order valence-electron chi connectivity index (χ1n) is 10.8. The van der Waals surface area contributed by atoms with Gasteiger partial charge in [-0.25, -0.2) is 0 Å². The number of carbonyl (C=O) groups excluding carboxylic acids is 2. The van der Waals surface area contributed by atoms with Gasteiger partial charge in [-0.3, -0.25) is 9.59 Å². The first-order valence-corrected chi connectivity index (χ1v) is 10.8. The summed E-state index contributed by atoms with van der Waals surface area (Å²) in [6.07, 6.45) is 3.17. The Morgan fingerprint density at radius 1 is 1.03 bits per heavy atom. The van der Waals surface area contributed by atoms with E-state index >= 15 is 0 Å². The first kappa shape index (κ1) is 22.0. The Balaban J connectivity index is 1.64. The number of hydrogen-bond donors (Lipinski definition) is 2. The summed E-state index contributed by atoms with van der Waals surface area (Å²) in [6.45, 7) is 4.74. The van der Waals surface area contributed by atoms with Gasteiger partial charge in [0.05, 0.1) is 5.54 Å². The lowest BCUT2D eigenvalue weighted by Gasteiger charge is -2.35. The Morgan fingerprint density at radius 2 is 1.60 bits per heavy atom. The van der Waals surface area contributed by atoms with Crippen molar-refractivity contribution >= 4 is 11.8 Å². The molecule has 0 saturated carbocycles. The maximum absolute atomic E-state index is 13.3. The molecule has 1 atom stereocenters. The molecule has 5 nitrogen and oxygen atoms in total. The van der Waals surface area contributed by atoms with E-state index in [2.05, 4.69) is 29.6 Å². The van der Waals surface area contributed by atoms with E-state index in [0.717, 1.165) is 24.8 Å². The molecule has 1 saturated heterocycles. The summed E-state index contributed by atoms with van der Waals surface area (Å²) in [5.74, 6) is 0.179. The Morgan fingerprint density at radius 3 is 2.17 bits per heavy atom. The number of hydrogen-bond acceptors (Lipinski definition) is 3. The van der Waals surface area contributed by atoms with Gasteiger partial charge in [-0.1, -0.05) is 60.7 Å². The van der Waals surface area contributed by atoms with Gasteiger partial charge in [0.1, 0.15) is 6.04 Å². The van der Waals surface area contributed by atoms with Crippen molar-refractivity contribution in [1.29, 1.82) is 0 Å². The van der Waals surface area contributed by atoms with Gasteiger partial charge in [0.15, 0.2) is 0 Å². The summed E-state index contributed by atoms with van der Waals surface area (Å²) >= 11 is 0. The third-order valence-electron chi connectivity index (χ3n) is 5.83. The highest BCUT2D eigenvalue weighted by Gasteiger charge is 2.32. The van der Waals surface area contributed by atoms with Gasteiger partial charge in [0.2, 0.25) is 11.8 Å². The molecule has 0 aliphatic carbocycles. The molecule has 0 aromatic heterocycles. The topological polar surface area (TPSA) is 75.4 Å². The molecule has 0 spiro atoms. The summed E-state index contributed by atoms with van der Waals surface area (Å²) in [6, 6.07) is 20.0. The highest BCUT2D eigenvalue weighted by atomic mass is 16.2. The standard InChI is InChI=1S/C25H33N3O2/c1-25(2,26)24(30)27-22(14-13-19-9-5-3-6-10-19)23(29)28-17-15-21(16-18-28)20-11-7-4-8-12-20/h3-12,21-22H,13-18,26H2,1-2H3,(H,27,30). The number of rotatable bonds is 7. The van der Waals surface area contributed by atoms with Crippen molar-refractivity contribution in [3.05, 3.63) is 71.8 Å². The minimum atomic E-state index is -1.02. The summed E-state index contributed by atoms with van der Waals surface area (Å²) in [5.41, 5.74) is 7.43. The predicted octanol–water partition coefficient (Wildman–Crippen LogP) is 3.25. The molecule has 1 unspecified atom stereocenters. The van der Waals surface area contributed by atoms with E-state index in [1.54, 1.807) is 13.8 Å². The maximum Gasteiger partial charge on any atom is 0.245 e. The van der Waals surface area contributed by atoms with Crippen molar-refractivity contribution in [1.82, 2.24) is 10.2 Å². The SMILES string of the molecule is CC(C)(N)C(=O)NC(CCc1ccccc1)C(=O)N1CCC(c2ccccc2)CC1. The lowest BCUT2D eigenvalue weighted by atomic mass is 9.89. The van der Waals surface area contributed by atoms with Gasteiger partial charge in [0, 0.05) is 13.1 Å². The molecular formula is C25H33N3O2. The van der Waals surface area contributed by atoms with E-state index in [0.29, 0.717) is 25.4 Å². The number of amides is 2. The number of nitrogens with one attached hydrogen (secondary N) is 1. The van der Waals surface area contributed by atoms with Crippen LogP contribution in [0.2, 0.25) is 0 Å². The van der Waals surface area contributed by atoms with Crippen LogP contribution in [0.1, 0.15) is 50.2 Å². The average molecular weight is 408 g/mol. The van der Waals surface area contributed by atoms with Gasteiger partial charge in [-0.2, -0.15) is 0 Å². The Bertz CT molecular complexity index is 822. The molecule has 2 amide bonds. The molecule has 1 fully saturated rings. The molecule has 1 aliphatic rings. The third-order valence-corrected chi connectivity index (χ3v) is 5.83. The van der Waals surface area contributed by atoms with Gasteiger partial charge in [0.25, 0.3) is 0 Å². The minimum absolute atomic E-state index is 0.00459. The predicted molar refractivity (Wildman–Crippen MR) is 120 cm³/mol. The monoisotopic (exact) mass is 407 g/mol. The fraction of sp³-hybridized carbons (Fsp3) is 0.440. The molecule has 3 N–H and O–H groups in total. The number of likely N-dealkylation sites (tertiary alicyclic amines) is 1. The molecular weight excluding hydrogens is 374 g/mol. The summed E-state index contributed by atoms with van der Waals surface area (Å²) in [5, 5.41) is 2.91. The van der Waals surface area contributed by atoms with Crippen LogP contribution in [0.4, 0.5) is 0 Å². The van der Waals surface area contributed by atoms with Crippen molar-refractivity contribution in [2.75, 3.05) is 13.1 Å². The molecule has 0 radical (unpaired) electrons. The largest absolute Gasteiger partial charge is 0.343 e. The first-order chi connectivity index (χ1) is 14.3. The zero-order chi connectivity index (χ0) is 21.6. The van der Waals surface area contributed by atoms with E-state index in [9.17, 15) is 9.59 Å². The molecule has 2 aromatic rings. The van der Waals surface area contributed by atoms with Crippen molar-refractivity contribution < 1.29 is 9.59 Å². The van der Waals surface area contributed by atoms with Gasteiger partial charge < -0.3 is 16.0 Å². The Hall–Kier alpha value is -2.66. The van der Waals surface area contributed by atoms with Crippen LogP contribution in [0.5, 0.6) is 0 Å². The molecule has 2 aromatic carbocycles. The van der Waals surface area contributed by atoms with Crippen molar-refractivity contribution in [3.63, 3.8) is 0 Å². The van der Waals surface area contributed by atoms with E-state index < -0.39 is 11.6 Å². The van der Waals surface area contributed by atoms with Crippen molar-refractivity contribution in [3.8, 4) is 0 Å². The normalized spacial score (nSPS) is 16.2. The molecule has 30 heavy (non-hydrogen) atoms. The summed E-state index contributed by atoms with van der Waals surface area (Å²) < 4.78 is 0. The highest BCUT2D eigenvalue weighted by Crippen LogP contribution is 2.28. The number of benzene rings is 2. The fourth-order valence-corrected chi connectivity index (χ4v) is 3.94. The van der Waals surface area contributed by atoms with Crippen molar-refractivity contribution in [2.45, 2.75) is 57.0 Å². The minimum Gasteiger partial charge on any atom is -0.343 e. The third kappa shape index (κ3) is 5.92. The molecule has 1 heterocycles. The molecule has 5 heteroatoms. The lowest BCUT2D eigenvalue weighted by molar-refractivity contribution is -0.138. The number of aryl methyl sites for hydroxylation is 1. The lowest BCUT2D eigenvalue weighted by Crippen LogP contribution is -2.57. The van der Waals surface area contributed by atoms with Crippen LogP contribution in [0, 0.1) is 0 Å². The van der Waals surface area contributed by atoms with Crippen LogP contribution >= 0.6 is 0 Å².